The number of ether oxygens (including phenoxy) is 1. The molecule has 1 radical (unpaired) electrons. The van der Waals surface area contributed by atoms with Crippen molar-refractivity contribution in [1.82, 2.24) is 19.9 Å². The Bertz CT molecular complexity index is 698. The summed E-state index contributed by atoms with van der Waals surface area (Å²) in [6, 6.07) is 6.21. The number of carbonyl (C=O) groups excluding carboxylic acids is 1. The molecule has 1 atom stereocenters. The Kier molecular flexibility index (Phi) is 4.57. The molecular weight excluding hydrogens is 318 g/mol. The van der Waals surface area contributed by atoms with E-state index in [1.54, 1.807) is 17.0 Å². The number of amides is 1. The maximum atomic E-state index is 12.3. The lowest BCUT2D eigenvalue weighted by atomic mass is 10.3. The Morgan fingerprint density at radius 1 is 1.52 bits per heavy atom. The van der Waals surface area contributed by atoms with Gasteiger partial charge in [0.1, 0.15) is 10.7 Å². The molecular formula is C15H15ClN5O2. The monoisotopic (exact) mass is 332 g/mol. The summed E-state index contributed by atoms with van der Waals surface area (Å²) in [6.45, 7) is 1.22. The molecule has 1 N–H and O–H groups in total. The van der Waals surface area contributed by atoms with E-state index < -0.39 is 0 Å². The lowest BCUT2D eigenvalue weighted by Crippen LogP contribution is -2.32. The highest BCUT2D eigenvalue weighted by atomic mass is 35.5. The number of nitrogens with zero attached hydrogens (tertiary/aromatic N) is 4. The Hall–Kier alpha value is -2.41. The predicted octanol–water partition coefficient (Wildman–Crippen LogP) is 1.66. The molecule has 7 nitrogen and oxygen atoms in total. The number of pyridine rings is 1. The summed E-state index contributed by atoms with van der Waals surface area (Å²) in [4.78, 5) is 26.5. The van der Waals surface area contributed by atoms with E-state index in [9.17, 15) is 4.79 Å². The minimum absolute atomic E-state index is 0.0695. The maximum Gasteiger partial charge on any atom is 0.272 e. The zero-order chi connectivity index (χ0) is 16.2. The third-order valence-electron chi connectivity index (χ3n) is 3.55. The van der Waals surface area contributed by atoms with Gasteiger partial charge in [-0.1, -0.05) is 17.7 Å². The Labute approximate surface area is 138 Å². The third-order valence-corrected chi connectivity index (χ3v) is 3.81. The van der Waals surface area contributed by atoms with E-state index in [-0.39, 0.29) is 11.9 Å². The van der Waals surface area contributed by atoms with Crippen LogP contribution in [0.25, 0.3) is 0 Å². The number of halogens is 1. The Balaban J connectivity index is 1.63. The third kappa shape index (κ3) is 3.50. The molecule has 0 spiro atoms. The fourth-order valence-electron chi connectivity index (χ4n) is 2.42. The second kappa shape index (κ2) is 6.78. The first-order valence-electron chi connectivity index (χ1n) is 7.12. The lowest BCUT2D eigenvalue weighted by Gasteiger charge is -2.16. The van der Waals surface area contributed by atoms with E-state index in [1.165, 1.54) is 19.5 Å². The van der Waals surface area contributed by atoms with Gasteiger partial charge in [-0.3, -0.25) is 9.78 Å². The minimum Gasteiger partial charge on any atom is -0.480 e. The quantitative estimate of drug-likeness (QED) is 0.917. The minimum atomic E-state index is -0.0853. The summed E-state index contributed by atoms with van der Waals surface area (Å²) in [5.41, 5.74) is 0.425. The molecule has 23 heavy (non-hydrogen) atoms. The van der Waals surface area contributed by atoms with Crippen LogP contribution in [0.5, 0.6) is 5.88 Å². The van der Waals surface area contributed by atoms with E-state index in [1.807, 2.05) is 0 Å². The van der Waals surface area contributed by atoms with Crippen LogP contribution < -0.4 is 10.1 Å². The van der Waals surface area contributed by atoms with Crippen LogP contribution in [0.2, 0.25) is 5.02 Å². The van der Waals surface area contributed by atoms with Crippen LogP contribution in [0, 0.1) is 6.07 Å². The van der Waals surface area contributed by atoms with Gasteiger partial charge in [-0.15, -0.1) is 0 Å². The van der Waals surface area contributed by atoms with Crippen LogP contribution in [0.4, 0.5) is 5.95 Å². The molecule has 2 aromatic rings. The topological polar surface area (TPSA) is 80.2 Å². The summed E-state index contributed by atoms with van der Waals surface area (Å²) in [6.07, 6.45) is 3.78. The zero-order valence-electron chi connectivity index (χ0n) is 12.5. The highest BCUT2D eigenvalue weighted by molar-refractivity contribution is 6.31. The number of rotatable bonds is 4. The molecule has 1 saturated heterocycles. The van der Waals surface area contributed by atoms with Gasteiger partial charge in [0.25, 0.3) is 5.91 Å². The lowest BCUT2D eigenvalue weighted by molar-refractivity contribution is 0.0786. The van der Waals surface area contributed by atoms with Gasteiger partial charge >= 0.3 is 0 Å². The number of aromatic nitrogens is 3. The molecule has 1 amide bonds. The number of anilines is 1. The highest BCUT2D eigenvalue weighted by Gasteiger charge is 2.28. The number of hydrogen-bond acceptors (Lipinski definition) is 6. The Morgan fingerprint density at radius 2 is 2.39 bits per heavy atom. The molecule has 0 aromatic carbocycles. The van der Waals surface area contributed by atoms with E-state index in [0.29, 0.717) is 35.6 Å². The number of carbonyl (C=O) groups is 1. The van der Waals surface area contributed by atoms with Crippen molar-refractivity contribution in [2.45, 2.75) is 12.5 Å². The molecule has 2 aromatic heterocycles. The van der Waals surface area contributed by atoms with Gasteiger partial charge in [0.05, 0.1) is 13.3 Å². The van der Waals surface area contributed by atoms with Crippen LogP contribution in [0.15, 0.2) is 24.5 Å². The molecule has 0 saturated carbocycles. The van der Waals surface area contributed by atoms with E-state index in [0.717, 1.165) is 6.42 Å². The first-order chi connectivity index (χ1) is 11.2. The van der Waals surface area contributed by atoms with Gasteiger partial charge in [0.15, 0.2) is 0 Å². The SMILES string of the molecule is COc1nc(N[C@@H]2CCN(C(=O)c3cc[c]cn3)C2)ncc1Cl. The van der Waals surface area contributed by atoms with Crippen LogP contribution >= 0.6 is 11.6 Å². The zero-order valence-corrected chi connectivity index (χ0v) is 13.2. The Morgan fingerprint density at radius 3 is 3.13 bits per heavy atom. The van der Waals surface area contributed by atoms with Gasteiger partial charge in [0, 0.05) is 31.4 Å². The summed E-state index contributed by atoms with van der Waals surface area (Å²) < 4.78 is 5.07. The first-order valence-corrected chi connectivity index (χ1v) is 7.49. The molecule has 3 heterocycles. The van der Waals surface area contributed by atoms with Crippen molar-refractivity contribution in [1.29, 1.82) is 0 Å². The molecule has 1 aliphatic heterocycles. The highest BCUT2D eigenvalue weighted by Crippen LogP contribution is 2.22. The largest absolute Gasteiger partial charge is 0.480 e. The molecule has 1 fully saturated rings. The number of nitrogens with one attached hydrogen (secondary N) is 1. The summed E-state index contributed by atoms with van der Waals surface area (Å²) in [7, 11) is 1.50. The van der Waals surface area contributed by atoms with Crippen molar-refractivity contribution < 1.29 is 9.53 Å². The predicted molar refractivity (Wildman–Crippen MR) is 84.6 cm³/mol. The molecule has 1 aliphatic rings. The normalized spacial score (nSPS) is 17.1. The fraction of sp³-hybridized carbons (Fsp3) is 0.333. The molecule has 0 unspecified atom stereocenters. The van der Waals surface area contributed by atoms with E-state index in [4.69, 9.17) is 16.3 Å². The van der Waals surface area contributed by atoms with E-state index in [2.05, 4.69) is 26.3 Å². The van der Waals surface area contributed by atoms with Crippen molar-refractivity contribution in [3.8, 4) is 5.88 Å². The van der Waals surface area contributed by atoms with Gasteiger partial charge < -0.3 is 15.0 Å². The van der Waals surface area contributed by atoms with E-state index >= 15 is 0 Å². The van der Waals surface area contributed by atoms with Crippen molar-refractivity contribution in [2.75, 3.05) is 25.5 Å². The standard InChI is InChI=1S/C15H15ClN5O2/c1-23-13-11(16)8-18-15(20-13)19-10-5-7-21(9-10)14(22)12-4-2-3-6-17-12/h2,4,6,8,10H,5,7,9H2,1H3,(H,18,19,20)/t10-/m1/s1. The van der Waals surface area contributed by atoms with Gasteiger partial charge in [-0.2, -0.15) is 4.98 Å². The van der Waals surface area contributed by atoms with Gasteiger partial charge in [0.2, 0.25) is 11.8 Å². The van der Waals surface area contributed by atoms with Gasteiger partial charge in [-0.25, -0.2) is 4.98 Å². The molecule has 0 aliphatic carbocycles. The summed E-state index contributed by atoms with van der Waals surface area (Å²) >= 11 is 5.91. The molecule has 8 heteroatoms. The summed E-state index contributed by atoms with van der Waals surface area (Å²) in [5, 5.41) is 3.55. The van der Waals surface area contributed by atoms with Gasteiger partial charge in [-0.05, 0) is 12.5 Å². The van der Waals surface area contributed by atoms with Crippen LogP contribution in [-0.4, -0.2) is 52.0 Å². The van der Waals surface area contributed by atoms with Crippen molar-refractivity contribution in [3.63, 3.8) is 0 Å². The fourth-order valence-corrected chi connectivity index (χ4v) is 2.59. The first kappa shape index (κ1) is 15.5. The van der Waals surface area contributed by atoms with Crippen molar-refractivity contribution in [3.05, 3.63) is 41.3 Å². The smallest absolute Gasteiger partial charge is 0.272 e. The van der Waals surface area contributed by atoms with Crippen molar-refractivity contribution in [2.24, 2.45) is 0 Å². The average Bonchev–Trinajstić information content (AvgIpc) is 3.05. The average molecular weight is 333 g/mol. The number of hydrogen-bond donors (Lipinski definition) is 1. The van der Waals surface area contributed by atoms with Crippen molar-refractivity contribution >= 4 is 23.5 Å². The molecule has 3 rings (SSSR count). The van der Waals surface area contributed by atoms with Crippen LogP contribution in [0.3, 0.4) is 0 Å². The second-order valence-electron chi connectivity index (χ2n) is 5.08. The number of likely N-dealkylation sites (tertiary alicyclic amines) is 1. The number of methoxy groups -OCH3 is 1. The second-order valence-corrected chi connectivity index (χ2v) is 5.48. The maximum absolute atomic E-state index is 12.3. The van der Waals surface area contributed by atoms with Crippen LogP contribution in [0.1, 0.15) is 16.9 Å². The molecule has 0 bridgehead atoms. The van der Waals surface area contributed by atoms with Crippen LogP contribution in [-0.2, 0) is 0 Å². The summed E-state index contributed by atoms with van der Waals surface area (Å²) in [5.74, 6) is 0.663. The molecule has 119 valence electrons.